The Balaban J connectivity index is 1.18. The molecule has 0 spiro atoms. The summed E-state index contributed by atoms with van der Waals surface area (Å²) < 4.78 is 0. The van der Waals surface area contributed by atoms with Gasteiger partial charge in [0, 0.05) is 74.0 Å². The van der Waals surface area contributed by atoms with Gasteiger partial charge in [-0.25, -0.2) is 19.9 Å². The number of hydrogen-bond acceptors (Lipinski definition) is 8. The lowest BCUT2D eigenvalue weighted by molar-refractivity contribution is 0.313. The van der Waals surface area contributed by atoms with Crippen LogP contribution in [-0.4, -0.2) is 71.2 Å². The molecule has 4 heterocycles. The molecule has 1 N–H and O–H groups in total. The van der Waals surface area contributed by atoms with Crippen molar-refractivity contribution in [2.75, 3.05) is 61.4 Å². The van der Waals surface area contributed by atoms with E-state index in [4.69, 9.17) is 9.97 Å². The Kier molecular flexibility index (Phi) is 5.88. The molecule has 2 aliphatic rings. The van der Waals surface area contributed by atoms with Crippen LogP contribution in [0.25, 0.3) is 22.2 Å². The van der Waals surface area contributed by atoms with Crippen molar-refractivity contribution in [2.24, 2.45) is 0 Å². The first-order valence-electron chi connectivity index (χ1n) is 12.4. The lowest BCUT2D eigenvalue weighted by atomic mass is 10.1. The Bertz CT molecular complexity index is 1310. The summed E-state index contributed by atoms with van der Waals surface area (Å²) in [7, 11) is 2.18. The highest BCUT2D eigenvalue weighted by Crippen LogP contribution is 2.26. The summed E-state index contributed by atoms with van der Waals surface area (Å²) in [4.78, 5) is 25.6. The number of rotatable bonds is 5. The van der Waals surface area contributed by atoms with E-state index in [1.807, 2.05) is 12.3 Å². The molecule has 0 amide bonds. The summed E-state index contributed by atoms with van der Waals surface area (Å²) >= 11 is 0. The lowest BCUT2D eigenvalue weighted by Gasteiger charge is -2.34. The number of hydrogen-bond donors (Lipinski definition) is 1. The first kappa shape index (κ1) is 21.7. The van der Waals surface area contributed by atoms with Crippen molar-refractivity contribution in [1.29, 1.82) is 0 Å². The van der Waals surface area contributed by atoms with Crippen molar-refractivity contribution in [3.8, 4) is 11.3 Å². The summed E-state index contributed by atoms with van der Waals surface area (Å²) in [5.74, 6) is 1.41. The Labute approximate surface area is 205 Å². The molecule has 8 heteroatoms. The van der Waals surface area contributed by atoms with Gasteiger partial charge >= 0.3 is 0 Å². The second-order valence-electron chi connectivity index (χ2n) is 9.37. The van der Waals surface area contributed by atoms with E-state index < -0.39 is 0 Å². The third-order valence-corrected chi connectivity index (χ3v) is 6.90. The zero-order valence-electron chi connectivity index (χ0n) is 20.1. The van der Waals surface area contributed by atoms with E-state index in [-0.39, 0.29) is 0 Å². The number of benzene rings is 2. The van der Waals surface area contributed by atoms with Gasteiger partial charge in [-0.3, -0.25) is 0 Å². The van der Waals surface area contributed by atoms with E-state index in [0.29, 0.717) is 5.95 Å². The van der Waals surface area contributed by atoms with Crippen LogP contribution in [0.4, 0.5) is 23.3 Å². The van der Waals surface area contributed by atoms with E-state index in [1.54, 1.807) is 6.20 Å². The summed E-state index contributed by atoms with van der Waals surface area (Å²) in [5, 5.41) is 4.36. The zero-order valence-corrected chi connectivity index (χ0v) is 20.1. The molecule has 35 heavy (non-hydrogen) atoms. The molecule has 2 saturated heterocycles. The summed E-state index contributed by atoms with van der Waals surface area (Å²) in [6.07, 6.45) is 6.14. The van der Waals surface area contributed by atoms with Gasteiger partial charge in [-0.2, -0.15) is 0 Å². The maximum Gasteiger partial charge on any atom is 0.227 e. The lowest BCUT2D eigenvalue weighted by Crippen LogP contribution is -2.44. The third kappa shape index (κ3) is 4.74. The molecule has 178 valence electrons. The Morgan fingerprint density at radius 2 is 1.57 bits per heavy atom. The molecule has 2 aromatic carbocycles. The van der Waals surface area contributed by atoms with Gasteiger partial charge in [-0.1, -0.05) is 6.07 Å². The Hall–Kier alpha value is -3.78. The number of nitrogens with one attached hydrogen (secondary N) is 1. The van der Waals surface area contributed by atoms with Crippen LogP contribution < -0.4 is 15.1 Å². The number of nitrogens with zero attached hydrogens (tertiary/aromatic N) is 7. The minimum absolute atomic E-state index is 0.579. The highest BCUT2D eigenvalue weighted by Gasteiger charge is 2.16. The normalized spacial score (nSPS) is 16.7. The Morgan fingerprint density at radius 3 is 2.37 bits per heavy atom. The quantitative estimate of drug-likeness (QED) is 0.470. The van der Waals surface area contributed by atoms with Gasteiger partial charge in [0.25, 0.3) is 0 Å². The number of anilines is 4. The van der Waals surface area contributed by atoms with Crippen LogP contribution >= 0.6 is 0 Å². The molecule has 0 atom stereocenters. The molecule has 0 bridgehead atoms. The number of aromatic nitrogens is 4. The monoisotopic (exact) mass is 466 g/mol. The molecule has 2 fully saturated rings. The van der Waals surface area contributed by atoms with Crippen molar-refractivity contribution >= 4 is 34.2 Å². The average Bonchev–Trinajstić information content (AvgIpc) is 3.45. The fourth-order valence-electron chi connectivity index (χ4n) is 4.78. The van der Waals surface area contributed by atoms with Crippen molar-refractivity contribution < 1.29 is 0 Å². The molecule has 0 saturated carbocycles. The molecule has 2 aliphatic heterocycles. The molecule has 2 aromatic heterocycles. The molecular weight excluding hydrogens is 436 g/mol. The average molecular weight is 467 g/mol. The molecule has 4 aromatic rings. The highest BCUT2D eigenvalue weighted by atomic mass is 15.3. The first-order valence-corrected chi connectivity index (χ1v) is 12.4. The van der Waals surface area contributed by atoms with Crippen LogP contribution in [0.2, 0.25) is 0 Å². The van der Waals surface area contributed by atoms with Crippen LogP contribution in [0.5, 0.6) is 0 Å². The van der Waals surface area contributed by atoms with Gasteiger partial charge in [0.05, 0.1) is 11.2 Å². The number of piperazine rings is 1. The van der Waals surface area contributed by atoms with Crippen LogP contribution in [0.15, 0.2) is 60.9 Å². The van der Waals surface area contributed by atoms with Gasteiger partial charge in [0.15, 0.2) is 0 Å². The molecule has 8 nitrogen and oxygen atoms in total. The van der Waals surface area contributed by atoms with Crippen molar-refractivity contribution in [3.63, 3.8) is 0 Å². The predicted molar refractivity (Wildman–Crippen MR) is 141 cm³/mol. The van der Waals surface area contributed by atoms with Crippen LogP contribution in [0.3, 0.4) is 0 Å². The van der Waals surface area contributed by atoms with E-state index in [1.165, 1.54) is 18.5 Å². The second kappa shape index (κ2) is 9.46. The largest absolute Gasteiger partial charge is 0.369 e. The van der Waals surface area contributed by atoms with Crippen LogP contribution in [-0.2, 0) is 0 Å². The highest BCUT2D eigenvalue weighted by molar-refractivity contribution is 5.84. The van der Waals surface area contributed by atoms with Gasteiger partial charge < -0.3 is 20.0 Å². The van der Waals surface area contributed by atoms with Crippen LogP contribution in [0.1, 0.15) is 12.8 Å². The SMILES string of the molecule is CN1CCN(c2ccc(Nc3nccc(-c4ccc5nc(N6CCCC6)ncc5c4)n3)cc2)CC1. The van der Waals surface area contributed by atoms with E-state index in [2.05, 4.69) is 79.5 Å². The van der Waals surface area contributed by atoms with E-state index in [9.17, 15) is 0 Å². The maximum atomic E-state index is 4.77. The van der Waals surface area contributed by atoms with Gasteiger partial charge in [-0.15, -0.1) is 0 Å². The molecule has 0 aliphatic carbocycles. The first-order chi connectivity index (χ1) is 17.2. The predicted octanol–water partition coefficient (Wildman–Crippen LogP) is 4.18. The van der Waals surface area contributed by atoms with Crippen molar-refractivity contribution in [2.45, 2.75) is 12.8 Å². The molecular formula is C27H30N8. The standard InChI is InChI=1S/C27H30N8/c1-33-14-16-34(17-15-33)23-7-5-22(6-8-23)30-26-28-11-10-25(31-26)20-4-9-24-21(18-20)19-29-27(32-24)35-12-2-3-13-35/h4-11,18-19H,2-3,12-17H2,1H3,(H,28,30,31). The maximum absolute atomic E-state index is 4.77. The minimum atomic E-state index is 0.579. The zero-order chi connectivity index (χ0) is 23.6. The van der Waals surface area contributed by atoms with E-state index >= 15 is 0 Å². The van der Waals surface area contributed by atoms with Crippen molar-refractivity contribution in [1.82, 2.24) is 24.8 Å². The molecule has 6 rings (SSSR count). The fourth-order valence-corrected chi connectivity index (χ4v) is 4.78. The summed E-state index contributed by atoms with van der Waals surface area (Å²) in [5.41, 5.74) is 5.07. The van der Waals surface area contributed by atoms with Gasteiger partial charge in [-0.05, 0) is 62.4 Å². The summed E-state index contributed by atoms with van der Waals surface area (Å²) in [6, 6.07) is 16.7. The smallest absolute Gasteiger partial charge is 0.227 e. The molecule has 0 unspecified atom stereocenters. The molecule has 0 radical (unpaired) electrons. The van der Waals surface area contributed by atoms with Gasteiger partial charge in [0.1, 0.15) is 0 Å². The third-order valence-electron chi connectivity index (χ3n) is 6.90. The topological polar surface area (TPSA) is 73.3 Å². The fraction of sp³-hybridized carbons (Fsp3) is 0.333. The number of fused-ring (bicyclic) bond motifs is 1. The number of likely N-dealkylation sites (N-methyl/N-ethyl adjacent to an activating group) is 1. The van der Waals surface area contributed by atoms with Gasteiger partial charge in [0.2, 0.25) is 11.9 Å². The second-order valence-corrected chi connectivity index (χ2v) is 9.37. The van der Waals surface area contributed by atoms with E-state index in [0.717, 1.165) is 73.1 Å². The Morgan fingerprint density at radius 1 is 0.771 bits per heavy atom. The van der Waals surface area contributed by atoms with Crippen molar-refractivity contribution in [3.05, 3.63) is 60.9 Å². The van der Waals surface area contributed by atoms with Crippen LogP contribution in [0, 0.1) is 0 Å². The minimum Gasteiger partial charge on any atom is -0.369 e. The summed E-state index contributed by atoms with van der Waals surface area (Å²) in [6.45, 7) is 6.40.